The quantitative estimate of drug-likeness (QED) is 0.894. The maximum absolute atomic E-state index is 12.9. The van der Waals surface area contributed by atoms with Crippen molar-refractivity contribution >= 4 is 17.5 Å². The highest BCUT2D eigenvalue weighted by Gasteiger charge is 2.33. The lowest BCUT2D eigenvalue weighted by Crippen LogP contribution is -2.39. The smallest absolute Gasteiger partial charge is 0.322 e. The molecule has 1 saturated carbocycles. The van der Waals surface area contributed by atoms with E-state index >= 15 is 0 Å². The molecule has 7 heteroatoms. The summed E-state index contributed by atoms with van der Waals surface area (Å²) in [6.07, 6.45) is 5.61. The zero-order valence-corrected chi connectivity index (χ0v) is 14.7. The highest BCUT2D eigenvalue weighted by molar-refractivity contribution is 5.92. The third-order valence-electron chi connectivity index (χ3n) is 4.65. The Morgan fingerprint density at radius 1 is 1.15 bits per heavy atom. The van der Waals surface area contributed by atoms with Gasteiger partial charge in [-0.1, -0.05) is 6.07 Å². The predicted octanol–water partition coefficient (Wildman–Crippen LogP) is 2.51. The first-order valence-corrected chi connectivity index (χ1v) is 9.06. The van der Waals surface area contributed by atoms with E-state index in [1.807, 2.05) is 35.2 Å². The molecule has 2 aliphatic rings. The van der Waals surface area contributed by atoms with Crippen LogP contribution in [0.15, 0.2) is 42.7 Å². The summed E-state index contributed by atoms with van der Waals surface area (Å²) >= 11 is 0. The van der Waals surface area contributed by atoms with E-state index in [4.69, 9.17) is 4.74 Å². The first kappa shape index (κ1) is 16.8. The van der Waals surface area contributed by atoms with E-state index < -0.39 is 0 Å². The number of urea groups is 1. The summed E-state index contributed by atoms with van der Waals surface area (Å²) in [6, 6.07) is 9.73. The SMILES string of the molecule is O=C(Nc1cccnc1N1CCOCC1)N(Cc1ccccn1)C1CC1. The van der Waals surface area contributed by atoms with Crippen molar-refractivity contribution in [3.63, 3.8) is 0 Å². The van der Waals surface area contributed by atoms with Gasteiger partial charge in [-0.15, -0.1) is 0 Å². The second-order valence-corrected chi connectivity index (χ2v) is 6.58. The van der Waals surface area contributed by atoms with Gasteiger partial charge >= 0.3 is 6.03 Å². The van der Waals surface area contributed by atoms with Crippen LogP contribution in [0.1, 0.15) is 18.5 Å². The Balaban J connectivity index is 1.49. The van der Waals surface area contributed by atoms with Gasteiger partial charge in [-0.05, 0) is 37.1 Å². The molecule has 0 atom stereocenters. The summed E-state index contributed by atoms with van der Waals surface area (Å²) in [7, 11) is 0. The second-order valence-electron chi connectivity index (χ2n) is 6.58. The second kappa shape index (κ2) is 7.70. The molecule has 136 valence electrons. The third-order valence-corrected chi connectivity index (χ3v) is 4.65. The van der Waals surface area contributed by atoms with Crippen LogP contribution in [0.25, 0.3) is 0 Å². The van der Waals surface area contributed by atoms with E-state index in [1.54, 1.807) is 12.4 Å². The van der Waals surface area contributed by atoms with Gasteiger partial charge in [0.1, 0.15) is 0 Å². The molecule has 2 amide bonds. The first-order valence-electron chi connectivity index (χ1n) is 9.06. The Morgan fingerprint density at radius 2 is 1.96 bits per heavy atom. The lowest BCUT2D eigenvalue weighted by molar-refractivity contribution is 0.122. The van der Waals surface area contributed by atoms with Gasteiger partial charge in [0, 0.05) is 31.5 Å². The summed E-state index contributed by atoms with van der Waals surface area (Å²) in [5, 5.41) is 3.06. The number of carbonyl (C=O) groups is 1. The largest absolute Gasteiger partial charge is 0.378 e. The summed E-state index contributed by atoms with van der Waals surface area (Å²) in [4.78, 5) is 25.8. The maximum Gasteiger partial charge on any atom is 0.322 e. The van der Waals surface area contributed by atoms with Gasteiger partial charge in [0.15, 0.2) is 5.82 Å². The van der Waals surface area contributed by atoms with Crippen molar-refractivity contribution in [3.05, 3.63) is 48.4 Å². The fourth-order valence-corrected chi connectivity index (χ4v) is 3.13. The molecule has 1 saturated heterocycles. The Hall–Kier alpha value is -2.67. The average molecular weight is 353 g/mol. The number of rotatable bonds is 5. The fourth-order valence-electron chi connectivity index (χ4n) is 3.13. The van der Waals surface area contributed by atoms with Crippen molar-refractivity contribution in [2.24, 2.45) is 0 Å². The van der Waals surface area contributed by atoms with Gasteiger partial charge in [-0.3, -0.25) is 4.98 Å². The molecule has 2 fully saturated rings. The molecule has 26 heavy (non-hydrogen) atoms. The van der Waals surface area contributed by atoms with Crippen molar-refractivity contribution in [1.29, 1.82) is 0 Å². The first-order chi connectivity index (χ1) is 12.8. The van der Waals surface area contributed by atoms with Gasteiger partial charge in [-0.25, -0.2) is 9.78 Å². The van der Waals surface area contributed by atoms with E-state index in [2.05, 4.69) is 20.2 Å². The standard InChI is InChI=1S/C19H23N5O2/c25-19(24(16-6-7-16)14-15-4-1-2-8-20-15)22-17-5-3-9-21-18(17)23-10-12-26-13-11-23/h1-5,8-9,16H,6-7,10-14H2,(H,22,25). The number of carbonyl (C=O) groups excluding carboxylic acids is 1. The van der Waals surface area contributed by atoms with Crippen LogP contribution in [0, 0.1) is 0 Å². The van der Waals surface area contributed by atoms with Gasteiger partial charge in [0.05, 0.1) is 31.1 Å². The molecular weight excluding hydrogens is 330 g/mol. The number of nitrogens with zero attached hydrogens (tertiary/aromatic N) is 4. The van der Waals surface area contributed by atoms with E-state index in [0.29, 0.717) is 25.8 Å². The molecule has 2 aromatic heterocycles. The van der Waals surface area contributed by atoms with Gasteiger partial charge in [0.25, 0.3) is 0 Å². The molecule has 3 heterocycles. The maximum atomic E-state index is 12.9. The molecule has 0 aromatic carbocycles. The van der Waals surface area contributed by atoms with Crippen molar-refractivity contribution in [2.75, 3.05) is 36.5 Å². The Morgan fingerprint density at radius 3 is 2.69 bits per heavy atom. The zero-order valence-electron chi connectivity index (χ0n) is 14.7. The van der Waals surface area contributed by atoms with E-state index in [9.17, 15) is 4.79 Å². The van der Waals surface area contributed by atoms with Gasteiger partial charge in [0.2, 0.25) is 0 Å². The number of nitrogens with one attached hydrogen (secondary N) is 1. The number of amides is 2. The number of anilines is 2. The molecule has 4 rings (SSSR count). The number of hydrogen-bond acceptors (Lipinski definition) is 5. The predicted molar refractivity (Wildman–Crippen MR) is 99.1 cm³/mol. The topological polar surface area (TPSA) is 70.6 Å². The minimum absolute atomic E-state index is 0.0966. The third kappa shape index (κ3) is 3.94. The summed E-state index contributed by atoms with van der Waals surface area (Å²) in [5.74, 6) is 0.803. The molecule has 0 unspecified atom stereocenters. The van der Waals surface area contributed by atoms with Crippen molar-refractivity contribution < 1.29 is 9.53 Å². The molecule has 7 nitrogen and oxygen atoms in total. The van der Waals surface area contributed by atoms with Crippen LogP contribution < -0.4 is 10.2 Å². The summed E-state index contributed by atoms with van der Waals surface area (Å²) < 4.78 is 5.41. The van der Waals surface area contributed by atoms with Gasteiger partial charge in [-0.2, -0.15) is 0 Å². The van der Waals surface area contributed by atoms with Crippen LogP contribution in [0.4, 0.5) is 16.3 Å². The zero-order chi connectivity index (χ0) is 17.8. The highest BCUT2D eigenvalue weighted by Crippen LogP contribution is 2.30. The minimum atomic E-state index is -0.0966. The lowest BCUT2D eigenvalue weighted by atomic mass is 10.3. The molecule has 0 bridgehead atoms. The number of hydrogen-bond donors (Lipinski definition) is 1. The molecule has 1 N–H and O–H groups in total. The van der Waals surface area contributed by atoms with Crippen molar-refractivity contribution in [2.45, 2.75) is 25.4 Å². The van der Waals surface area contributed by atoms with Crippen LogP contribution in [-0.4, -0.2) is 53.2 Å². The van der Waals surface area contributed by atoms with Crippen LogP contribution in [0.2, 0.25) is 0 Å². The van der Waals surface area contributed by atoms with Crippen LogP contribution in [0.5, 0.6) is 0 Å². The number of morpholine rings is 1. The molecule has 2 aromatic rings. The van der Waals surface area contributed by atoms with Crippen molar-refractivity contribution in [1.82, 2.24) is 14.9 Å². The Labute approximate surface area is 153 Å². The summed E-state index contributed by atoms with van der Waals surface area (Å²) in [5.41, 5.74) is 1.64. The number of pyridine rings is 2. The fraction of sp³-hybridized carbons (Fsp3) is 0.421. The van der Waals surface area contributed by atoms with E-state index in [1.165, 1.54) is 0 Å². The molecule has 1 aliphatic carbocycles. The van der Waals surface area contributed by atoms with Crippen LogP contribution >= 0.6 is 0 Å². The van der Waals surface area contributed by atoms with Gasteiger partial charge < -0.3 is 19.9 Å². The molecular formula is C19H23N5O2. The number of ether oxygens (including phenoxy) is 1. The Bertz CT molecular complexity index is 745. The normalized spacial score (nSPS) is 17.0. The van der Waals surface area contributed by atoms with E-state index in [0.717, 1.165) is 43.1 Å². The highest BCUT2D eigenvalue weighted by atomic mass is 16.5. The molecule has 0 spiro atoms. The summed E-state index contributed by atoms with van der Waals surface area (Å²) in [6.45, 7) is 3.43. The monoisotopic (exact) mass is 353 g/mol. The van der Waals surface area contributed by atoms with Crippen LogP contribution in [0.3, 0.4) is 0 Å². The average Bonchev–Trinajstić information content (AvgIpc) is 3.53. The van der Waals surface area contributed by atoms with Crippen molar-refractivity contribution in [3.8, 4) is 0 Å². The van der Waals surface area contributed by atoms with Crippen LogP contribution in [-0.2, 0) is 11.3 Å². The Kier molecular flexibility index (Phi) is 4.97. The van der Waals surface area contributed by atoms with E-state index in [-0.39, 0.29) is 6.03 Å². The lowest BCUT2D eigenvalue weighted by Gasteiger charge is -2.30. The number of aromatic nitrogens is 2. The minimum Gasteiger partial charge on any atom is -0.378 e. The molecule has 0 radical (unpaired) electrons. The molecule has 1 aliphatic heterocycles.